The highest BCUT2D eigenvalue weighted by molar-refractivity contribution is 6.18. The standard InChI is InChI=1S/C20H22N2O2/c1-16-10-13-21(14-11-16)20(24)18(15-17-7-3-2-4-8-17)22-12-6-5-9-19(22)23/h2-9,12,15-16H,10-11,13-14H2,1H3. The lowest BCUT2D eigenvalue weighted by atomic mass is 9.99. The van der Waals surface area contributed by atoms with Crippen LogP contribution in [0.25, 0.3) is 11.8 Å². The van der Waals surface area contributed by atoms with Gasteiger partial charge < -0.3 is 4.90 Å². The Kier molecular flexibility index (Phi) is 4.94. The largest absolute Gasteiger partial charge is 0.337 e. The number of benzene rings is 1. The van der Waals surface area contributed by atoms with E-state index in [0.29, 0.717) is 11.6 Å². The maximum atomic E-state index is 13.1. The summed E-state index contributed by atoms with van der Waals surface area (Å²) in [5.41, 5.74) is 1.11. The van der Waals surface area contributed by atoms with Gasteiger partial charge in [-0.05, 0) is 36.5 Å². The fourth-order valence-electron chi connectivity index (χ4n) is 2.94. The number of carbonyl (C=O) groups excluding carboxylic acids is 1. The molecule has 2 heterocycles. The van der Waals surface area contributed by atoms with Crippen molar-refractivity contribution in [2.75, 3.05) is 13.1 Å². The van der Waals surface area contributed by atoms with Crippen molar-refractivity contribution < 1.29 is 4.79 Å². The lowest BCUT2D eigenvalue weighted by Crippen LogP contribution is -2.40. The van der Waals surface area contributed by atoms with Gasteiger partial charge in [0.25, 0.3) is 11.5 Å². The van der Waals surface area contributed by atoms with Crippen LogP contribution >= 0.6 is 0 Å². The molecule has 0 unspecified atom stereocenters. The summed E-state index contributed by atoms with van der Waals surface area (Å²) in [5.74, 6) is 0.564. The van der Waals surface area contributed by atoms with Crippen molar-refractivity contribution >= 4 is 17.7 Å². The first-order chi connectivity index (χ1) is 11.6. The minimum absolute atomic E-state index is 0.0842. The molecule has 0 saturated carbocycles. The van der Waals surface area contributed by atoms with E-state index in [9.17, 15) is 9.59 Å². The molecule has 0 spiro atoms. The van der Waals surface area contributed by atoms with Crippen LogP contribution in [0, 0.1) is 5.92 Å². The second kappa shape index (κ2) is 7.30. The van der Waals surface area contributed by atoms with Crippen molar-refractivity contribution in [1.82, 2.24) is 9.47 Å². The first-order valence-corrected chi connectivity index (χ1v) is 8.39. The van der Waals surface area contributed by atoms with E-state index in [0.717, 1.165) is 31.5 Å². The van der Waals surface area contributed by atoms with Gasteiger partial charge in [0.1, 0.15) is 5.70 Å². The molecule has 0 radical (unpaired) electrons. The minimum atomic E-state index is -0.196. The molecule has 124 valence electrons. The SMILES string of the molecule is CC1CCN(C(=O)C(=Cc2ccccc2)n2ccccc2=O)CC1. The van der Waals surface area contributed by atoms with Gasteiger partial charge in [-0.2, -0.15) is 0 Å². The van der Waals surface area contributed by atoms with Gasteiger partial charge in [0.15, 0.2) is 0 Å². The van der Waals surface area contributed by atoms with Gasteiger partial charge in [-0.15, -0.1) is 0 Å². The number of amides is 1. The number of hydrogen-bond acceptors (Lipinski definition) is 2. The molecule has 3 rings (SSSR count). The predicted octanol–water partition coefficient (Wildman–Crippen LogP) is 3.10. The number of hydrogen-bond donors (Lipinski definition) is 0. The van der Waals surface area contributed by atoms with Crippen molar-refractivity contribution in [3.05, 3.63) is 70.6 Å². The van der Waals surface area contributed by atoms with Crippen LogP contribution in [-0.4, -0.2) is 28.5 Å². The minimum Gasteiger partial charge on any atom is -0.337 e. The van der Waals surface area contributed by atoms with Gasteiger partial charge in [0.2, 0.25) is 0 Å². The number of piperidine rings is 1. The summed E-state index contributed by atoms with van der Waals surface area (Å²) in [6.07, 6.45) is 5.46. The fraction of sp³-hybridized carbons (Fsp3) is 0.300. The topological polar surface area (TPSA) is 42.3 Å². The lowest BCUT2D eigenvalue weighted by Gasteiger charge is -2.31. The molecule has 1 aliphatic heterocycles. The second-order valence-corrected chi connectivity index (χ2v) is 6.32. The van der Waals surface area contributed by atoms with Crippen molar-refractivity contribution in [2.24, 2.45) is 5.92 Å². The van der Waals surface area contributed by atoms with Gasteiger partial charge in [0, 0.05) is 25.4 Å². The molecule has 1 saturated heterocycles. The maximum absolute atomic E-state index is 13.1. The van der Waals surface area contributed by atoms with Crippen molar-refractivity contribution in [2.45, 2.75) is 19.8 Å². The van der Waals surface area contributed by atoms with Crippen molar-refractivity contribution in [3.8, 4) is 0 Å². The summed E-state index contributed by atoms with van der Waals surface area (Å²) < 4.78 is 1.44. The van der Waals surface area contributed by atoms with Gasteiger partial charge >= 0.3 is 0 Å². The van der Waals surface area contributed by atoms with Gasteiger partial charge in [-0.25, -0.2) is 0 Å². The Morgan fingerprint density at radius 3 is 2.38 bits per heavy atom. The van der Waals surface area contributed by atoms with E-state index >= 15 is 0 Å². The van der Waals surface area contributed by atoms with Crippen LogP contribution in [-0.2, 0) is 4.79 Å². The Balaban J connectivity index is 1.99. The number of rotatable bonds is 3. The van der Waals surface area contributed by atoms with E-state index in [-0.39, 0.29) is 11.5 Å². The third kappa shape index (κ3) is 3.65. The molecule has 24 heavy (non-hydrogen) atoms. The third-order valence-electron chi connectivity index (χ3n) is 4.47. The summed E-state index contributed by atoms with van der Waals surface area (Å²) in [4.78, 5) is 27.2. The quantitative estimate of drug-likeness (QED) is 0.815. The average Bonchev–Trinajstić information content (AvgIpc) is 2.61. The summed E-state index contributed by atoms with van der Waals surface area (Å²) in [6, 6.07) is 14.6. The van der Waals surface area contributed by atoms with E-state index in [1.54, 1.807) is 24.4 Å². The van der Waals surface area contributed by atoms with Gasteiger partial charge in [-0.3, -0.25) is 14.2 Å². The van der Waals surface area contributed by atoms with Gasteiger partial charge in [0.05, 0.1) is 0 Å². The van der Waals surface area contributed by atoms with Crippen LogP contribution in [0.2, 0.25) is 0 Å². The molecule has 1 amide bonds. The maximum Gasteiger partial charge on any atom is 0.270 e. The molecule has 0 bridgehead atoms. The number of carbonyl (C=O) groups is 1. The molecule has 0 aliphatic carbocycles. The summed E-state index contributed by atoms with van der Waals surface area (Å²) in [6.45, 7) is 3.70. The smallest absolute Gasteiger partial charge is 0.270 e. The van der Waals surface area contributed by atoms with E-state index in [1.165, 1.54) is 10.6 Å². The number of nitrogens with zero attached hydrogens (tertiary/aromatic N) is 2. The Bertz CT molecular complexity index is 785. The zero-order valence-electron chi connectivity index (χ0n) is 13.9. The highest BCUT2D eigenvalue weighted by atomic mass is 16.2. The predicted molar refractivity (Wildman–Crippen MR) is 96.3 cm³/mol. The van der Waals surface area contributed by atoms with E-state index in [2.05, 4.69) is 6.92 Å². The molecule has 2 aromatic rings. The van der Waals surface area contributed by atoms with Gasteiger partial charge in [-0.1, -0.05) is 43.3 Å². The van der Waals surface area contributed by atoms with Crippen molar-refractivity contribution in [3.63, 3.8) is 0 Å². The normalized spacial score (nSPS) is 16.2. The van der Waals surface area contributed by atoms with Crippen LogP contribution in [0.1, 0.15) is 25.3 Å². The monoisotopic (exact) mass is 322 g/mol. The number of pyridine rings is 1. The third-order valence-corrected chi connectivity index (χ3v) is 4.47. The van der Waals surface area contributed by atoms with Crippen LogP contribution in [0.3, 0.4) is 0 Å². The molecule has 4 heteroatoms. The summed E-state index contributed by atoms with van der Waals surface area (Å²) in [5, 5.41) is 0. The van der Waals surface area contributed by atoms with Crippen LogP contribution < -0.4 is 5.56 Å². The fourth-order valence-corrected chi connectivity index (χ4v) is 2.94. The van der Waals surface area contributed by atoms with Crippen LogP contribution in [0.4, 0.5) is 0 Å². The lowest BCUT2D eigenvalue weighted by molar-refractivity contribution is -0.126. The zero-order chi connectivity index (χ0) is 16.9. The van der Waals surface area contributed by atoms with Crippen LogP contribution in [0.5, 0.6) is 0 Å². The summed E-state index contributed by atoms with van der Waals surface area (Å²) in [7, 11) is 0. The van der Waals surface area contributed by atoms with Crippen LogP contribution in [0.15, 0.2) is 59.5 Å². The molecular weight excluding hydrogens is 300 g/mol. The number of aromatic nitrogens is 1. The Morgan fingerprint density at radius 2 is 1.71 bits per heavy atom. The van der Waals surface area contributed by atoms with E-state index in [4.69, 9.17) is 0 Å². The van der Waals surface area contributed by atoms with Crippen molar-refractivity contribution in [1.29, 1.82) is 0 Å². The average molecular weight is 322 g/mol. The van der Waals surface area contributed by atoms with E-state index < -0.39 is 0 Å². The highest BCUT2D eigenvalue weighted by Crippen LogP contribution is 2.20. The molecular formula is C20H22N2O2. The molecule has 1 aromatic heterocycles. The first kappa shape index (κ1) is 16.2. The molecule has 4 nitrogen and oxygen atoms in total. The molecule has 1 aliphatic rings. The zero-order valence-corrected chi connectivity index (χ0v) is 13.9. The second-order valence-electron chi connectivity index (χ2n) is 6.32. The molecule has 1 aromatic carbocycles. The number of likely N-dealkylation sites (tertiary alicyclic amines) is 1. The molecule has 0 N–H and O–H groups in total. The highest BCUT2D eigenvalue weighted by Gasteiger charge is 2.24. The molecule has 1 fully saturated rings. The first-order valence-electron chi connectivity index (χ1n) is 8.39. The molecule has 0 atom stereocenters. The Hall–Kier alpha value is -2.62. The van der Waals surface area contributed by atoms with E-state index in [1.807, 2.05) is 35.2 Å². The summed E-state index contributed by atoms with van der Waals surface area (Å²) >= 11 is 0. The Labute approximate surface area is 142 Å². The Morgan fingerprint density at radius 1 is 1.04 bits per heavy atom.